The second-order valence-corrected chi connectivity index (χ2v) is 4.47. The van der Waals surface area contributed by atoms with E-state index in [1.807, 2.05) is 6.92 Å². The molecule has 1 heterocycles. The molecule has 0 bridgehead atoms. The number of nitrogens with one attached hydrogen (secondary N) is 1. The third kappa shape index (κ3) is 3.28. The summed E-state index contributed by atoms with van der Waals surface area (Å²) in [6, 6.07) is 0. The Labute approximate surface area is 93.7 Å². The zero-order valence-electron chi connectivity index (χ0n) is 9.29. The lowest BCUT2D eigenvalue weighted by atomic mass is 10.4. The Balaban J connectivity index is 2.64. The van der Waals surface area contributed by atoms with E-state index in [9.17, 15) is 4.79 Å². The first-order valence-corrected chi connectivity index (χ1v) is 5.76. The predicted molar refractivity (Wildman–Crippen MR) is 60.2 cm³/mol. The lowest BCUT2D eigenvalue weighted by molar-refractivity contribution is 0.0594. The van der Waals surface area contributed by atoms with Crippen LogP contribution in [0.4, 0.5) is 0 Å². The van der Waals surface area contributed by atoms with Crippen LogP contribution < -0.4 is 5.32 Å². The van der Waals surface area contributed by atoms with Crippen LogP contribution in [0.3, 0.4) is 0 Å². The van der Waals surface area contributed by atoms with Crippen LogP contribution in [-0.2, 0) is 11.3 Å². The van der Waals surface area contributed by atoms with E-state index in [0.717, 1.165) is 29.4 Å². The molecule has 0 fully saturated rings. The fourth-order valence-electron chi connectivity index (χ4n) is 1.19. The van der Waals surface area contributed by atoms with Gasteiger partial charge in [-0.1, -0.05) is 6.92 Å². The molecule has 1 N–H and O–H groups in total. The van der Waals surface area contributed by atoms with Crippen molar-refractivity contribution in [2.24, 2.45) is 0 Å². The summed E-state index contributed by atoms with van der Waals surface area (Å²) in [5.41, 5.74) is 0.441. The van der Waals surface area contributed by atoms with E-state index in [2.05, 4.69) is 22.0 Å². The second-order valence-electron chi connectivity index (χ2n) is 3.18. The minimum atomic E-state index is -0.356. The van der Waals surface area contributed by atoms with Gasteiger partial charge in [-0.2, -0.15) is 0 Å². The molecule has 84 valence electrons. The molecule has 4 nitrogen and oxygen atoms in total. The lowest BCUT2D eigenvalue weighted by Gasteiger charge is -1.97. The Morgan fingerprint density at radius 2 is 2.33 bits per heavy atom. The summed E-state index contributed by atoms with van der Waals surface area (Å²) in [6.45, 7) is 5.68. The van der Waals surface area contributed by atoms with Crippen molar-refractivity contribution < 1.29 is 9.53 Å². The number of hydrogen-bond donors (Lipinski definition) is 1. The highest BCUT2D eigenvalue weighted by Crippen LogP contribution is 2.17. The number of rotatable bonds is 5. The molecule has 0 radical (unpaired) electrons. The molecule has 0 aliphatic rings. The molecule has 0 saturated carbocycles. The number of aromatic nitrogens is 1. The SMILES string of the molecule is CCCNCc1nc(C(=O)OC)c(C)s1. The summed E-state index contributed by atoms with van der Waals surface area (Å²) in [5, 5.41) is 4.18. The fourth-order valence-corrected chi connectivity index (χ4v) is 2.08. The van der Waals surface area contributed by atoms with Gasteiger partial charge in [0, 0.05) is 11.4 Å². The Morgan fingerprint density at radius 3 is 2.93 bits per heavy atom. The first-order chi connectivity index (χ1) is 7.19. The molecule has 0 saturated heterocycles. The number of ether oxygens (including phenoxy) is 1. The molecule has 1 aromatic heterocycles. The molecule has 5 heteroatoms. The molecule has 0 spiro atoms. The average Bonchev–Trinajstić information content (AvgIpc) is 2.59. The number of hydrogen-bond acceptors (Lipinski definition) is 5. The van der Waals surface area contributed by atoms with Crippen LogP contribution in [0.5, 0.6) is 0 Å². The standard InChI is InChI=1S/C10H16N2O2S/c1-4-5-11-6-8-12-9(7(2)15-8)10(13)14-3/h11H,4-6H2,1-3H3. The molecule has 0 atom stereocenters. The van der Waals surface area contributed by atoms with E-state index in [1.165, 1.54) is 18.4 Å². The highest BCUT2D eigenvalue weighted by atomic mass is 32.1. The van der Waals surface area contributed by atoms with Gasteiger partial charge in [-0.05, 0) is 19.9 Å². The molecular formula is C10H16N2O2S. The van der Waals surface area contributed by atoms with Crippen LogP contribution in [0.2, 0.25) is 0 Å². The lowest BCUT2D eigenvalue weighted by Crippen LogP contribution is -2.13. The Bertz CT molecular complexity index is 336. The Kier molecular flexibility index (Phi) is 4.71. The molecule has 0 aliphatic carbocycles. The van der Waals surface area contributed by atoms with E-state index in [1.54, 1.807) is 0 Å². The van der Waals surface area contributed by atoms with Gasteiger partial charge in [0.2, 0.25) is 0 Å². The fraction of sp³-hybridized carbons (Fsp3) is 0.600. The molecule has 15 heavy (non-hydrogen) atoms. The molecule has 0 amide bonds. The highest BCUT2D eigenvalue weighted by Gasteiger charge is 2.14. The number of methoxy groups -OCH3 is 1. The minimum Gasteiger partial charge on any atom is -0.464 e. The summed E-state index contributed by atoms with van der Waals surface area (Å²) in [4.78, 5) is 16.4. The van der Waals surface area contributed by atoms with E-state index < -0.39 is 0 Å². The van der Waals surface area contributed by atoms with Crippen molar-refractivity contribution in [2.75, 3.05) is 13.7 Å². The van der Waals surface area contributed by atoms with Gasteiger partial charge >= 0.3 is 5.97 Å². The van der Waals surface area contributed by atoms with Crippen molar-refractivity contribution in [2.45, 2.75) is 26.8 Å². The third-order valence-electron chi connectivity index (χ3n) is 1.92. The van der Waals surface area contributed by atoms with Gasteiger partial charge in [0.15, 0.2) is 5.69 Å². The van der Waals surface area contributed by atoms with Gasteiger partial charge in [0.25, 0.3) is 0 Å². The van der Waals surface area contributed by atoms with E-state index >= 15 is 0 Å². The Hall–Kier alpha value is -0.940. The maximum absolute atomic E-state index is 11.3. The van der Waals surface area contributed by atoms with Crippen LogP contribution >= 0.6 is 11.3 Å². The van der Waals surface area contributed by atoms with Crippen molar-refractivity contribution in [3.63, 3.8) is 0 Å². The topological polar surface area (TPSA) is 51.2 Å². The van der Waals surface area contributed by atoms with Crippen LogP contribution in [0, 0.1) is 6.92 Å². The third-order valence-corrected chi connectivity index (χ3v) is 2.89. The van der Waals surface area contributed by atoms with Crippen molar-refractivity contribution in [1.82, 2.24) is 10.3 Å². The first-order valence-electron chi connectivity index (χ1n) is 4.94. The molecule has 0 aliphatic heterocycles. The number of thiazole rings is 1. The second kappa shape index (κ2) is 5.82. The van der Waals surface area contributed by atoms with Gasteiger partial charge in [-0.25, -0.2) is 9.78 Å². The van der Waals surface area contributed by atoms with E-state index in [4.69, 9.17) is 0 Å². The molecule has 0 unspecified atom stereocenters. The van der Waals surface area contributed by atoms with Crippen LogP contribution in [0.25, 0.3) is 0 Å². The first kappa shape index (κ1) is 12.1. The van der Waals surface area contributed by atoms with E-state index in [-0.39, 0.29) is 5.97 Å². The van der Waals surface area contributed by atoms with Crippen LogP contribution in [-0.4, -0.2) is 24.6 Å². The smallest absolute Gasteiger partial charge is 0.357 e. The quantitative estimate of drug-likeness (QED) is 0.616. The zero-order valence-corrected chi connectivity index (χ0v) is 10.1. The van der Waals surface area contributed by atoms with Crippen molar-refractivity contribution in [3.05, 3.63) is 15.6 Å². The summed E-state index contributed by atoms with van der Waals surface area (Å²) in [6.07, 6.45) is 1.09. The van der Waals surface area contributed by atoms with Gasteiger partial charge in [0.05, 0.1) is 7.11 Å². The minimum absolute atomic E-state index is 0.356. The van der Waals surface area contributed by atoms with Crippen molar-refractivity contribution in [1.29, 1.82) is 0 Å². The summed E-state index contributed by atoms with van der Waals surface area (Å²) in [7, 11) is 1.37. The van der Waals surface area contributed by atoms with Crippen LogP contribution in [0.15, 0.2) is 0 Å². The number of aryl methyl sites for hydroxylation is 1. The average molecular weight is 228 g/mol. The largest absolute Gasteiger partial charge is 0.464 e. The highest BCUT2D eigenvalue weighted by molar-refractivity contribution is 7.11. The van der Waals surface area contributed by atoms with Gasteiger partial charge in [-0.15, -0.1) is 11.3 Å². The summed E-state index contributed by atoms with van der Waals surface area (Å²) in [5.74, 6) is -0.356. The predicted octanol–water partition coefficient (Wildman–Crippen LogP) is 1.74. The zero-order chi connectivity index (χ0) is 11.3. The molecule has 0 aromatic carbocycles. The molecular weight excluding hydrogens is 212 g/mol. The summed E-state index contributed by atoms with van der Waals surface area (Å²) < 4.78 is 4.64. The van der Waals surface area contributed by atoms with Gasteiger partial charge in [0.1, 0.15) is 5.01 Å². The monoisotopic (exact) mass is 228 g/mol. The van der Waals surface area contributed by atoms with Gasteiger partial charge < -0.3 is 10.1 Å². The van der Waals surface area contributed by atoms with Crippen molar-refractivity contribution >= 4 is 17.3 Å². The number of carbonyl (C=O) groups is 1. The Morgan fingerprint density at radius 1 is 1.60 bits per heavy atom. The summed E-state index contributed by atoms with van der Waals surface area (Å²) >= 11 is 1.53. The van der Waals surface area contributed by atoms with Crippen LogP contribution in [0.1, 0.15) is 33.7 Å². The van der Waals surface area contributed by atoms with Gasteiger partial charge in [-0.3, -0.25) is 0 Å². The normalized spacial score (nSPS) is 10.3. The molecule has 1 rings (SSSR count). The molecule has 1 aromatic rings. The maximum Gasteiger partial charge on any atom is 0.357 e. The van der Waals surface area contributed by atoms with Crippen molar-refractivity contribution in [3.8, 4) is 0 Å². The maximum atomic E-state index is 11.3. The number of carbonyl (C=O) groups excluding carboxylic acids is 1. The van der Waals surface area contributed by atoms with E-state index in [0.29, 0.717) is 5.69 Å². The number of nitrogens with zero attached hydrogens (tertiary/aromatic N) is 1. The number of esters is 1.